The van der Waals surface area contributed by atoms with E-state index >= 15 is 0 Å². The number of carbonyl (C=O) groups is 2. The maximum absolute atomic E-state index is 12.2. The zero-order chi connectivity index (χ0) is 19.2. The van der Waals surface area contributed by atoms with E-state index in [1.165, 1.54) is 26.0 Å². The summed E-state index contributed by atoms with van der Waals surface area (Å²) in [5.41, 5.74) is 0. The maximum atomic E-state index is 12.2. The summed E-state index contributed by atoms with van der Waals surface area (Å²) in [5, 5.41) is 19.0. The van der Waals surface area contributed by atoms with E-state index in [4.69, 9.17) is 18.4 Å². The van der Waals surface area contributed by atoms with Crippen LogP contribution < -0.4 is 0 Å². The molecule has 8 nitrogen and oxygen atoms in total. The number of aliphatic carboxylic acids is 1. The predicted octanol–water partition coefficient (Wildman–Crippen LogP) is 1.04. The van der Waals surface area contributed by atoms with Crippen LogP contribution in [-0.4, -0.2) is 74.4 Å². The molecule has 0 saturated carbocycles. The van der Waals surface area contributed by atoms with E-state index in [1.807, 2.05) is 13.8 Å². The van der Waals surface area contributed by atoms with Gasteiger partial charge in [0.1, 0.15) is 5.92 Å². The molecule has 0 aromatic rings. The number of aliphatic hydroxyl groups is 1. The van der Waals surface area contributed by atoms with Crippen LogP contribution in [0.5, 0.6) is 0 Å². The van der Waals surface area contributed by atoms with Crippen molar-refractivity contribution in [3.05, 3.63) is 0 Å². The van der Waals surface area contributed by atoms with Gasteiger partial charge in [-0.15, -0.1) is 0 Å². The van der Waals surface area contributed by atoms with E-state index in [0.717, 1.165) is 6.42 Å². The van der Waals surface area contributed by atoms with Gasteiger partial charge in [0.2, 0.25) is 5.91 Å². The predicted molar refractivity (Wildman–Crippen MR) is 92.8 cm³/mol. The number of carbonyl (C=O) groups excluding carboxylic acids is 1. The molecule has 9 heteroatoms. The lowest BCUT2D eigenvalue weighted by atomic mass is 10.0. The van der Waals surface area contributed by atoms with Crippen LogP contribution >= 0.6 is 0 Å². The Hall–Kier alpha value is -1.00. The Kier molecular flexibility index (Phi) is 8.49. The molecule has 25 heavy (non-hydrogen) atoms. The van der Waals surface area contributed by atoms with Crippen LogP contribution in [0.25, 0.3) is 0 Å². The minimum absolute atomic E-state index is 0.0742. The highest BCUT2D eigenvalue weighted by atomic mass is 28.4. The zero-order valence-corrected chi connectivity index (χ0v) is 16.7. The molecular formula is C16H31NO7Si. The van der Waals surface area contributed by atoms with Gasteiger partial charge in [0.05, 0.1) is 24.5 Å². The number of hydrogen-bond acceptors (Lipinski definition) is 6. The molecule has 146 valence electrons. The highest BCUT2D eigenvalue weighted by Crippen LogP contribution is 2.29. The lowest BCUT2D eigenvalue weighted by Crippen LogP contribution is -2.62. The van der Waals surface area contributed by atoms with Gasteiger partial charge in [-0.2, -0.15) is 0 Å². The highest BCUT2D eigenvalue weighted by Gasteiger charge is 2.50. The molecule has 1 rings (SSSR count). The van der Waals surface area contributed by atoms with Crippen LogP contribution in [0.15, 0.2) is 0 Å². The number of carboxylic acids is 1. The Morgan fingerprint density at radius 1 is 1.32 bits per heavy atom. The van der Waals surface area contributed by atoms with Crippen molar-refractivity contribution < 1.29 is 33.1 Å². The van der Waals surface area contributed by atoms with Gasteiger partial charge in [-0.05, 0) is 32.6 Å². The Morgan fingerprint density at radius 3 is 2.40 bits per heavy atom. The van der Waals surface area contributed by atoms with Crippen LogP contribution in [0.1, 0.15) is 46.5 Å². The second-order valence-electron chi connectivity index (χ2n) is 6.56. The normalized spacial score (nSPS) is 29.0. The third-order valence-electron chi connectivity index (χ3n) is 4.54. The van der Waals surface area contributed by atoms with Gasteiger partial charge in [0.15, 0.2) is 0 Å². The average Bonchev–Trinajstić information content (AvgIpc) is 2.59. The molecule has 0 bridgehead atoms. The molecule has 0 aromatic carbocycles. The summed E-state index contributed by atoms with van der Waals surface area (Å²) in [6, 6.07) is 0. The van der Waals surface area contributed by atoms with Crippen LogP contribution in [0.3, 0.4) is 0 Å². The summed E-state index contributed by atoms with van der Waals surface area (Å²) in [4.78, 5) is 24.6. The van der Waals surface area contributed by atoms with E-state index in [2.05, 4.69) is 0 Å². The Labute approximate surface area is 150 Å². The summed E-state index contributed by atoms with van der Waals surface area (Å²) in [5.74, 6) is -2.84. The Balaban J connectivity index is 2.89. The zero-order valence-electron chi connectivity index (χ0n) is 15.7. The van der Waals surface area contributed by atoms with Crippen molar-refractivity contribution >= 4 is 20.7 Å². The maximum Gasteiger partial charge on any atom is 0.521 e. The van der Waals surface area contributed by atoms with Gasteiger partial charge in [-0.1, -0.05) is 13.8 Å². The van der Waals surface area contributed by atoms with Crippen LogP contribution in [-0.2, 0) is 22.9 Å². The molecular weight excluding hydrogens is 346 g/mol. The van der Waals surface area contributed by atoms with E-state index < -0.39 is 32.7 Å². The molecule has 0 aliphatic carbocycles. The largest absolute Gasteiger partial charge is 0.521 e. The van der Waals surface area contributed by atoms with Gasteiger partial charge in [-0.25, -0.2) is 0 Å². The number of hydrogen-bond donors (Lipinski definition) is 2. The molecule has 1 heterocycles. The average molecular weight is 378 g/mol. The minimum atomic E-state index is -3.19. The van der Waals surface area contributed by atoms with E-state index in [-0.39, 0.29) is 18.4 Å². The van der Waals surface area contributed by atoms with E-state index in [9.17, 15) is 14.7 Å². The third kappa shape index (κ3) is 6.03. The van der Waals surface area contributed by atoms with Gasteiger partial charge in [-0.3, -0.25) is 9.59 Å². The molecule has 1 aliphatic rings. The van der Waals surface area contributed by atoms with Crippen LogP contribution in [0.4, 0.5) is 0 Å². The summed E-state index contributed by atoms with van der Waals surface area (Å²) in [6.45, 7) is 5.25. The summed E-state index contributed by atoms with van der Waals surface area (Å²) >= 11 is 0. The molecule has 5 atom stereocenters. The molecule has 1 amide bonds. The lowest BCUT2D eigenvalue weighted by Gasteiger charge is -2.42. The highest BCUT2D eigenvalue weighted by molar-refractivity contribution is 6.61. The Morgan fingerprint density at radius 2 is 1.92 bits per heavy atom. The quantitative estimate of drug-likeness (QED) is 0.457. The topological polar surface area (TPSA) is 106 Å². The standard InChI is InChI=1S/C16H31NO7Si/c1-6-12(18)8-14-9-13(7-2)23-25(22-5,24-14)10-17(4)15(19)11(3)16(20)21/h11-14,18H,6-10H2,1-5H3,(H,20,21). The fraction of sp³-hybridized carbons (Fsp3) is 0.875. The van der Waals surface area contributed by atoms with Crippen molar-refractivity contribution in [2.24, 2.45) is 5.92 Å². The van der Waals surface area contributed by atoms with Gasteiger partial charge in [0.25, 0.3) is 0 Å². The summed E-state index contributed by atoms with van der Waals surface area (Å²) in [6.07, 6.45) is 1.88. The smallest absolute Gasteiger partial charge is 0.481 e. The molecule has 1 saturated heterocycles. The molecule has 2 N–H and O–H groups in total. The van der Waals surface area contributed by atoms with E-state index in [0.29, 0.717) is 19.3 Å². The second-order valence-corrected chi connectivity index (χ2v) is 9.12. The third-order valence-corrected chi connectivity index (χ3v) is 7.41. The van der Waals surface area contributed by atoms with Gasteiger partial charge in [0, 0.05) is 14.2 Å². The molecule has 1 fully saturated rings. The molecule has 5 unspecified atom stereocenters. The fourth-order valence-corrected chi connectivity index (χ4v) is 5.56. The first kappa shape index (κ1) is 22.0. The SMILES string of the molecule is CCC(O)CC1CC(CC)O[Si](CN(C)C(=O)C(C)C(=O)O)(OC)O1. The number of nitrogens with zero attached hydrogens (tertiary/aromatic N) is 1. The molecule has 0 radical (unpaired) electrons. The fourth-order valence-electron chi connectivity index (χ4n) is 2.83. The van der Waals surface area contributed by atoms with Crippen molar-refractivity contribution in [1.29, 1.82) is 0 Å². The van der Waals surface area contributed by atoms with Crippen molar-refractivity contribution in [3.8, 4) is 0 Å². The minimum Gasteiger partial charge on any atom is -0.481 e. The van der Waals surface area contributed by atoms with Crippen LogP contribution in [0.2, 0.25) is 0 Å². The number of aliphatic hydroxyl groups excluding tert-OH is 1. The Bertz CT molecular complexity index is 462. The molecule has 1 aliphatic heterocycles. The first-order chi connectivity index (χ1) is 11.7. The number of amides is 1. The van der Waals surface area contributed by atoms with Crippen LogP contribution in [0, 0.1) is 5.92 Å². The monoisotopic (exact) mass is 377 g/mol. The van der Waals surface area contributed by atoms with Crippen molar-refractivity contribution in [1.82, 2.24) is 4.90 Å². The number of rotatable bonds is 9. The summed E-state index contributed by atoms with van der Waals surface area (Å²) in [7, 11) is -0.185. The lowest BCUT2D eigenvalue weighted by molar-refractivity contribution is -0.150. The van der Waals surface area contributed by atoms with Crippen molar-refractivity contribution in [2.75, 3.05) is 20.3 Å². The molecule has 0 aromatic heterocycles. The van der Waals surface area contributed by atoms with Crippen molar-refractivity contribution in [3.63, 3.8) is 0 Å². The van der Waals surface area contributed by atoms with Gasteiger partial charge < -0.3 is 28.4 Å². The first-order valence-electron chi connectivity index (χ1n) is 8.74. The number of carboxylic acid groups (broad SMARTS) is 1. The summed E-state index contributed by atoms with van der Waals surface area (Å²) < 4.78 is 17.7. The van der Waals surface area contributed by atoms with E-state index in [1.54, 1.807) is 0 Å². The van der Waals surface area contributed by atoms with Gasteiger partial charge >= 0.3 is 14.8 Å². The first-order valence-corrected chi connectivity index (χ1v) is 10.7. The van der Waals surface area contributed by atoms with Crippen molar-refractivity contribution in [2.45, 2.75) is 64.8 Å². The second kappa shape index (κ2) is 9.63. The molecule has 0 spiro atoms.